The third-order valence-corrected chi connectivity index (χ3v) is 7.92. The van der Waals surface area contributed by atoms with Crippen LogP contribution < -0.4 is 0 Å². The number of carbonyl (C=O) groups is 1. The second kappa shape index (κ2) is 5.67. The molecule has 1 aromatic rings. The monoisotopic (exact) mass is 387 g/mol. The van der Waals surface area contributed by atoms with Crippen molar-refractivity contribution in [3.05, 3.63) is 29.6 Å². The van der Waals surface area contributed by atoms with Crippen molar-refractivity contribution in [2.45, 2.75) is 43.3 Å². The van der Waals surface area contributed by atoms with Crippen molar-refractivity contribution in [1.82, 2.24) is 14.2 Å². The van der Waals surface area contributed by atoms with Crippen molar-refractivity contribution in [1.29, 1.82) is 0 Å². The summed E-state index contributed by atoms with van der Waals surface area (Å²) in [5.74, 6) is -2.54. The maximum atomic E-state index is 13.9. The van der Waals surface area contributed by atoms with E-state index in [4.69, 9.17) is 4.74 Å². The third-order valence-electron chi connectivity index (χ3n) is 5.37. The minimum atomic E-state index is -3.53. The Morgan fingerprint density at radius 2 is 2.12 bits per heavy atom. The highest BCUT2D eigenvalue weighted by Gasteiger charge is 2.66. The van der Waals surface area contributed by atoms with Crippen LogP contribution in [0.1, 0.15) is 30.6 Å². The molecule has 142 valence electrons. The van der Waals surface area contributed by atoms with Gasteiger partial charge >= 0.3 is 0 Å². The van der Waals surface area contributed by atoms with Gasteiger partial charge in [0, 0.05) is 25.2 Å². The van der Waals surface area contributed by atoms with Gasteiger partial charge in [-0.2, -0.15) is 8.70 Å². The minimum Gasteiger partial charge on any atom is -0.365 e. The van der Waals surface area contributed by atoms with Gasteiger partial charge in [0.1, 0.15) is 10.9 Å². The summed E-state index contributed by atoms with van der Waals surface area (Å²) in [5.41, 5.74) is -1.43. The first-order chi connectivity index (χ1) is 12.1. The van der Waals surface area contributed by atoms with E-state index in [1.807, 2.05) is 0 Å². The number of hydrogen-bond acceptors (Lipinski definition) is 5. The maximum absolute atomic E-state index is 13.9. The molecule has 2 bridgehead atoms. The molecule has 3 fully saturated rings. The van der Waals surface area contributed by atoms with E-state index in [1.54, 1.807) is 13.8 Å². The maximum Gasteiger partial charge on any atom is 0.257 e. The van der Waals surface area contributed by atoms with Crippen LogP contribution in [0.3, 0.4) is 0 Å². The topological polar surface area (TPSA) is 79.8 Å². The number of fused-ring (bicyclic) bond motifs is 1. The van der Waals surface area contributed by atoms with Gasteiger partial charge in [-0.1, -0.05) is 0 Å². The molecule has 3 aliphatic rings. The molecule has 0 radical (unpaired) electrons. The first-order valence-electron chi connectivity index (χ1n) is 8.43. The predicted octanol–water partition coefficient (Wildman–Crippen LogP) is 0.766. The molecule has 0 N–H and O–H groups in total. The molecule has 7 nitrogen and oxygen atoms in total. The van der Waals surface area contributed by atoms with Crippen LogP contribution >= 0.6 is 0 Å². The van der Waals surface area contributed by atoms with E-state index in [1.165, 1.54) is 9.21 Å². The molecule has 1 amide bonds. The van der Waals surface area contributed by atoms with Gasteiger partial charge in [-0.15, -0.1) is 0 Å². The Labute approximate surface area is 150 Å². The van der Waals surface area contributed by atoms with Crippen LogP contribution in [0, 0.1) is 11.8 Å². The van der Waals surface area contributed by atoms with Crippen LogP contribution in [0.25, 0.3) is 0 Å². The van der Waals surface area contributed by atoms with Gasteiger partial charge in [0.05, 0.1) is 24.4 Å². The van der Waals surface area contributed by atoms with Crippen LogP contribution in [0.2, 0.25) is 0 Å². The number of likely N-dealkylation sites (tertiary alicyclic amines) is 1. The van der Waals surface area contributed by atoms with E-state index < -0.39 is 50.2 Å². The van der Waals surface area contributed by atoms with Crippen molar-refractivity contribution in [3.8, 4) is 0 Å². The number of hydrogen-bond donors (Lipinski definition) is 0. The number of rotatable bonds is 2. The van der Waals surface area contributed by atoms with E-state index in [9.17, 15) is 22.0 Å². The smallest absolute Gasteiger partial charge is 0.257 e. The molecule has 10 heteroatoms. The normalized spacial score (nSPS) is 32.9. The highest BCUT2D eigenvalue weighted by molar-refractivity contribution is 7.90. The number of morpholine rings is 1. The van der Waals surface area contributed by atoms with Crippen LogP contribution in [0.4, 0.5) is 8.78 Å². The fourth-order valence-corrected chi connectivity index (χ4v) is 6.79. The molecule has 3 atom stereocenters. The van der Waals surface area contributed by atoms with Crippen LogP contribution in [0.15, 0.2) is 12.3 Å². The summed E-state index contributed by atoms with van der Waals surface area (Å²) in [5, 5.41) is -0.723. The number of amides is 1. The molecule has 0 aromatic carbocycles. The van der Waals surface area contributed by atoms with Gasteiger partial charge in [0.25, 0.3) is 5.91 Å². The summed E-state index contributed by atoms with van der Waals surface area (Å²) < 4.78 is 60.3. The fraction of sp³-hybridized carbons (Fsp3) is 0.625. The summed E-state index contributed by atoms with van der Waals surface area (Å²) in [4.78, 5) is 17.3. The fourth-order valence-electron chi connectivity index (χ4n) is 4.27. The minimum absolute atomic E-state index is 0.0266. The number of ether oxygens (including phenoxy) is 1. The largest absolute Gasteiger partial charge is 0.365 e. The van der Waals surface area contributed by atoms with E-state index in [0.717, 1.165) is 6.07 Å². The quantitative estimate of drug-likeness (QED) is 0.701. The molecule has 1 spiro atoms. The number of nitrogens with zero attached hydrogens (tertiary/aromatic N) is 3. The molecule has 3 saturated heterocycles. The number of pyridine rings is 1. The standard InChI is InChI=1S/C16H19F2N3O4S/c1-9(2)21-8-16-7-20(6-10(25-16)3-13(16)26(21,23)24)15(22)11-4-14(18)19-5-12(11)17/h4-5,9-10,13H,3,6-8H2,1-2H3/t10-,13+,16+/m1/s1. The first kappa shape index (κ1) is 17.7. The molecule has 0 saturated carbocycles. The molecular weight excluding hydrogens is 368 g/mol. The van der Waals surface area contributed by atoms with Crippen molar-refractivity contribution in [3.63, 3.8) is 0 Å². The van der Waals surface area contributed by atoms with Gasteiger partial charge in [-0.3, -0.25) is 4.79 Å². The van der Waals surface area contributed by atoms with Crippen LogP contribution in [-0.4, -0.2) is 71.1 Å². The lowest BCUT2D eigenvalue weighted by Gasteiger charge is -2.39. The van der Waals surface area contributed by atoms with Gasteiger partial charge in [-0.05, 0) is 20.3 Å². The Kier molecular flexibility index (Phi) is 3.87. The zero-order chi connectivity index (χ0) is 18.9. The average molecular weight is 387 g/mol. The lowest BCUT2D eigenvalue weighted by Crippen LogP contribution is -2.56. The Morgan fingerprint density at radius 3 is 2.81 bits per heavy atom. The Hall–Kier alpha value is -1.65. The van der Waals surface area contributed by atoms with Gasteiger partial charge in [-0.25, -0.2) is 17.8 Å². The van der Waals surface area contributed by atoms with E-state index in [-0.39, 0.29) is 25.7 Å². The molecule has 0 aliphatic carbocycles. The second-order valence-corrected chi connectivity index (χ2v) is 9.45. The van der Waals surface area contributed by atoms with Gasteiger partial charge in [0.2, 0.25) is 16.0 Å². The van der Waals surface area contributed by atoms with E-state index in [0.29, 0.717) is 12.6 Å². The lowest BCUT2D eigenvalue weighted by molar-refractivity contribution is -0.0989. The highest BCUT2D eigenvalue weighted by Crippen LogP contribution is 2.47. The number of halogens is 2. The Morgan fingerprint density at radius 1 is 1.38 bits per heavy atom. The zero-order valence-corrected chi connectivity index (χ0v) is 15.2. The third kappa shape index (κ3) is 2.46. The molecule has 0 unspecified atom stereocenters. The summed E-state index contributed by atoms with van der Waals surface area (Å²) in [6, 6.07) is 0.538. The molecule has 4 rings (SSSR count). The highest BCUT2D eigenvalue weighted by atomic mass is 32.2. The molecule has 4 heterocycles. The molecule has 3 aliphatic heterocycles. The molecule has 26 heavy (non-hydrogen) atoms. The van der Waals surface area contributed by atoms with Crippen molar-refractivity contribution in [2.75, 3.05) is 19.6 Å². The van der Waals surface area contributed by atoms with Crippen molar-refractivity contribution < 1.29 is 26.7 Å². The lowest BCUT2D eigenvalue weighted by atomic mass is 9.98. The summed E-state index contributed by atoms with van der Waals surface area (Å²) in [7, 11) is -3.53. The first-order valence-corrected chi connectivity index (χ1v) is 9.93. The van der Waals surface area contributed by atoms with Crippen molar-refractivity contribution in [2.24, 2.45) is 0 Å². The van der Waals surface area contributed by atoms with Crippen LogP contribution in [0.5, 0.6) is 0 Å². The summed E-state index contributed by atoms with van der Waals surface area (Å²) in [6.07, 6.45) is 0.526. The van der Waals surface area contributed by atoms with Crippen LogP contribution in [-0.2, 0) is 14.8 Å². The average Bonchev–Trinajstić information content (AvgIpc) is 2.95. The SMILES string of the molecule is CC(C)N1C[C@@]23CN(C(=O)c4cc(F)ncc4F)C[C@@H](C[C@@H]2S1(=O)=O)O3. The zero-order valence-electron chi connectivity index (χ0n) is 14.4. The van der Waals surface area contributed by atoms with Gasteiger partial charge < -0.3 is 9.64 Å². The number of sulfonamides is 1. The Bertz CT molecular complexity index is 878. The van der Waals surface area contributed by atoms with Gasteiger partial charge in [0.15, 0.2) is 5.82 Å². The van der Waals surface area contributed by atoms with E-state index >= 15 is 0 Å². The molecular formula is C16H19F2N3O4S. The number of aromatic nitrogens is 1. The summed E-state index contributed by atoms with van der Waals surface area (Å²) >= 11 is 0. The molecule has 1 aromatic heterocycles. The van der Waals surface area contributed by atoms with Crippen molar-refractivity contribution >= 4 is 15.9 Å². The second-order valence-electron chi connectivity index (χ2n) is 7.39. The number of carbonyl (C=O) groups excluding carboxylic acids is 1. The Balaban J connectivity index is 1.66. The van der Waals surface area contributed by atoms with E-state index in [2.05, 4.69) is 4.98 Å². The summed E-state index contributed by atoms with van der Waals surface area (Å²) in [6.45, 7) is 3.91. The predicted molar refractivity (Wildman–Crippen MR) is 86.8 cm³/mol.